The van der Waals surface area contributed by atoms with Crippen LogP contribution >= 0.6 is 0 Å². The van der Waals surface area contributed by atoms with Crippen molar-refractivity contribution in [2.45, 2.75) is 61.9 Å². The second kappa shape index (κ2) is 19.9. The van der Waals surface area contributed by atoms with Crippen molar-refractivity contribution in [1.82, 2.24) is 0 Å². The molecule has 2 rings (SSSR count). The van der Waals surface area contributed by atoms with Gasteiger partial charge in [-0.05, 0) is 22.8 Å². The van der Waals surface area contributed by atoms with Crippen LogP contribution in [-0.4, -0.2) is 11.1 Å². The summed E-state index contributed by atoms with van der Waals surface area (Å²) in [6.07, 6.45) is 0. The summed E-state index contributed by atoms with van der Waals surface area (Å²) in [5.74, 6) is -0.924. The Hall–Kier alpha value is -2.13. The molecule has 0 saturated heterocycles. The fraction of sp³-hybridized carbons (Fsp3) is 0.409. The molecule has 0 amide bonds. The van der Waals surface area contributed by atoms with E-state index >= 15 is 0 Å². The normalized spacial score (nSPS) is 7.88. The first-order chi connectivity index (χ1) is 12.2. The second-order valence-corrected chi connectivity index (χ2v) is 3.71. The highest BCUT2D eigenvalue weighted by atomic mass is 16.4. The molecule has 2 aromatic rings. The van der Waals surface area contributed by atoms with Gasteiger partial charge in [0.15, 0.2) is 0 Å². The van der Waals surface area contributed by atoms with E-state index in [1.54, 1.807) is 18.2 Å². The molecule has 142 valence electrons. The van der Waals surface area contributed by atoms with Crippen LogP contribution < -0.4 is 5.73 Å². The molecule has 0 unspecified atom stereocenters. The van der Waals surface area contributed by atoms with E-state index in [1.807, 2.05) is 85.7 Å². The number of carbonyl (C=O) groups is 1. The van der Waals surface area contributed by atoms with Gasteiger partial charge < -0.3 is 10.8 Å². The molecule has 3 N–H and O–H groups in total. The smallest absolute Gasteiger partial charge is 0.336 e. The van der Waals surface area contributed by atoms with Crippen molar-refractivity contribution in [3.8, 4) is 11.1 Å². The van der Waals surface area contributed by atoms with Crippen LogP contribution in [0.25, 0.3) is 11.1 Å². The summed E-state index contributed by atoms with van der Waals surface area (Å²) in [4.78, 5) is 11.2. The molecule has 3 nitrogen and oxygen atoms in total. The molecule has 25 heavy (non-hydrogen) atoms. The lowest BCUT2D eigenvalue weighted by Crippen LogP contribution is -2.03. The average molecular weight is 348 g/mol. The van der Waals surface area contributed by atoms with Crippen molar-refractivity contribution in [3.05, 3.63) is 59.7 Å². The maximum Gasteiger partial charge on any atom is 0.336 e. The fourth-order valence-corrected chi connectivity index (χ4v) is 1.87. The third-order valence-corrected chi connectivity index (χ3v) is 2.68. The minimum Gasteiger partial charge on any atom is -0.478 e. The van der Waals surface area contributed by atoms with Crippen molar-refractivity contribution < 1.29 is 9.90 Å². The predicted molar refractivity (Wildman–Crippen MR) is 112 cm³/mol. The zero-order chi connectivity index (χ0) is 20.3. The van der Waals surface area contributed by atoms with Crippen LogP contribution in [0.1, 0.15) is 71.3 Å². The van der Waals surface area contributed by atoms with Crippen LogP contribution in [0.15, 0.2) is 48.5 Å². The molecule has 0 aliphatic rings. The first kappa shape index (κ1) is 27.7. The predicted octanol–water partition coefficient (Wildman–Crippen LogP) is 6.62. The molecule has 2 aromatic carbocycles. The highest BCUT2D eigenvalue weighted by Crippen LogP contribution is 2.26. The van der Waals surface area contributed by atoms with E-state index in [0.29, 0.717) is 17.7 Å². The van der Waals surface area contributed by atoms with Crippen LogP contribution in [0.3, 0.4) is 0 Å². The van der Waals surface area contributed by atoms with E-state index in [9.17, 15) is 4.79 Å². The van der Waals surface area contributed by atoms with E-state index in [0.717, 1.165) is 11.1 Å². The number of rotatable bonds is 3. The Morgan fingerprint density at radius 3 is 1.60 bits per heavy atom. The van der Waals surface area contributed by atoms with Gasteiger partial charge in [0.25, 0.3) is 0 Å². The molecule has 3 heteroatoms. The molecular formula is C22H37NO2. The Bertz CT molecular complexity index is 551. The van der Waals surface area contributed by atoms with Gasteiger partial charge in [0.05, 0.1) is 5.56 Å². The van der Waals surface area contributed by atoms with Gasteiger partial charge in [-0.3, -0.25) is 0 Å². The maximum absolute atomic E-state index is 11.2. The van der Waals surface area contributed by atoms with Gasteiger partial charge in [-0.2, -0.15) is 0 Å². The first-order valence-corrected chi connectivity index (χ1v) is 9.34. The number of benzene rings is 2. The Morgan fingerprint density at radius 1 is 0.760 bits per heavy atom. The van der Waals surface area contributed by atoms with Gasteiger partial charge in [-0.1, -0.05) is 97.9 Å². The largest absolute Gasteiger partial charge is 0.478 e. The average Bonchev–Trinajstić information content (AvgIpc) is 2.74. The molecule has 0 aliphatic heterocycles. The van der Waals surface area contributed by atoms with Gasteiger partial charge >= 0.3 is 5.97 Å². The zero-order valence-electron chi connectivity index (χ0n) is 17.3. The minimum atomic E-state index is -0.924. The summed E-state index contributed by atoms with van der Waals surface area (Å²) in [5, 5.41) is 9.16. The molecule has 0 saturated carbocycles. The van der Waals surface area contributed by atoms with Crippen LogP contribution in [0, 0.1) is 0 Å². The van der Waals surface area contributed by atoms with Crippen molar-refractivity contribution in [2.75, 3.05) is 0 Å². The topological polar surface area (TPSA) is 63.3 Å². The van der Waals surface area contributed by atoms with Crippen molar-refractivity contribution >= 4 is 5.97 Å². The Balaban J connectivity index is -0.000000533. The summed E-state index contributed by atoms with van der Waals surface area (Å²) in [7, 11) is 0. The second-order valence-electron chi connectivity index (χ2n) is 3.71. The van der Waals surface area contributed by atoms with Gasteiger partial charge in [-0.25, -0.2) is 4.79 Å². The van der Waals surface area contributed by atoms with Crippen LogP contribution in [0.4, 0.5) is 0 Å². The number of nitrogens with two attached hydrogens (primary N) is 1. The number of hydrogen-bond acceptors (Lipinski definition) is 2. The lowest BCUT2D eigenvalue weighted by atomic mass is 9.95. The van der Waals surface area contributed by atoms with E-state index in [2.05, 4.69) is 0 Å². The third kappa shape index (κ3) is 9.68. The summed E-state index contributed by atoms with van der Waals surface area (Å²) < 4.78 is 0. The highest BCUT2D eigenvalue weighted by Gasteiger charge is 2.12. The summed E-state index contributed by atoms with van der Waals surface area (Å²) in [6.45, 7) is 16.4. The zero-order valence-corrected chi connectivity index (χ0v) is 17.3. The van der Waals surface area contributed by atoms with Gasteiger partial charge in [0.2, 0.25) is 0 Å². The number of hydrogen-bond donors (Lipinski definition) is 2. The minimum absolute atomic E-state index is 0.299. The molecule has 0 heterocycles. The molecule has 0 spiro atoms. The quantitative estimate of drug-likeness (QED) is 0.656. The molecule has 0 bridgehead atoms. The standard InChI is InChI=1S/C14H13NO2.4C2H6/c15-9-10-5-1-2-6-11(10)12-7-3-4-8-13(12)14(16)17;4*1-2/h1-8H,9,15H2,(H,16,17);4*1-2H3. The molecule has 0 aromatic heterocycles. The molecule has 0 aliphatic carbocycles. The number of carboxylic acid groups (broad SMARTS) is 1. The molecule has 0 fully saturated rings. The van der Waals surface area contributed by atoms with Gasteiger partial charge in [-0.15, -0.1) is 0 Å². The SMILES string of the molecule is CC.CC.CC.CC.NCc1ccccc1-c1ccccc1C(=O)O. The van der Waals surface area contributed by atoms with E-state index in [1.165, 1.54) is 0 Å². The van der Waals surface area contributed by atoms with Crippen molar-refractivity contribution in [1.29, 1.82) is 0 Å². The summed E-state index contributed by atoms with van der Waals surface area (Å²) in [5.41, 5.74) is 8.50. The van der Waals surface area contributed by atoms with Crippen LogP contribution in [-0.2, 0) is 6.54 Å². The maximum atomic E-state index is 11.2. The Morgan fingerprint density at radius 2 is 1.16 bits per heavy atom. The molecule has 0 radical (unpaired) electrons. The molecular weight excluding hydrogens is 310 g/mol. The highest BCUT2D eigenvalue weighted by molar-refractivity contribution is 5.96. The Kier molecular flexibility index (Phi) is 22.1. The number of carboxylic acids is 1. The van der Waals surface area contributed by atoms with E-state index < -0.39 is 5.97 Å². The van der Waals surface area contributed by atoms with Crippen molar-refractivity contribution in [2.24, 2.45) is 5.73 Å². The summed E-state index contributed by atoms with van der Waals surface area (Å²) in [6, 6.07) is 14.5. The van der Waals surface area contributed by atoms with Gasteiger partial charge in [0.1, 0.15) is 0 Å². The fourth-order valence-electron chi connectivity index (χ4n) is 1.87. The summed E-state index contributed by atoms with van der Waals surface area (Å²) >= 11 is 0. The molecule has 0 atom stereocenters. The lowest BCUT2D eigenvalue weighted by Gasteiger charge is -2.10. The third-order valence-electron chi connectivity index (χ3n) is 2.68. The van der Waals surface area contributed by atoms with Gasteiger partial charge in [0, 0.05) is 6.54 Å². The first-order valence-electron chi connectivity index (χ1n) is 9.34. The van der Waals surface area contributed by atoms with E-state index in [4.69, 9.17) is 10.8 Å². The van der Waals surface area contributed by atoms with E-state index in [-0.39, 0.29) is 0 Å². The number of aromatic carboxylic acids is 1. The Labute approximate surface area is 154 Å². The van der Waals surface area contributed by atoms with Crippen LogP contribution in [0.2, 0.25) is 0 Å². The monoisotopic (exact) mass is 347 g/mol. The van der Waals surface area contributed by atoms with Crippen LogP contribution in [0.5, 0.6) is 0 Å². The lowest BCUT2D eigenvalue weighted by molar-refractivity contribution is 0.0697. The van der Waals surface area contributed by atoms with Crippen molar-refractivity contribution in [3.63, 3.8) is 0 Å².